The van der Waals surface area contributed by atoms with Crippen LogP contribution in [-0.2, 0) is 24.9 Å². The second-order valence-electron chi connectivity index (χ2n) is 6.34. The number of rotatable bonds is 4. The van der Waals surface area contributed by atoms with E-state index in [4.69, 9.17) is 0 Å². The molecule has 0 saturated carbocycles. The summed E-state index contributed by atoms with van der Waals surface area (Å²) in [5.74, 6) is 0.0790. The largest absolute Gasteiger partial charge is 0.340 e. The molecule has 0 radical (unpaired) electrons. The number of nitrogens with zero attached hydrogens (tertiary/aromatic N) is 4. The van der Waals surface area contributed by atoms with Crippen molar-refractivity contribution in [2.45, 2.75) is 13.1 Å². The Kier molecular flexibility index (Phi) is 3.76. The van der Waals surface area contributed by atoms with E-state index in [-0.39, 0.29) is 5.91 Å². The Hall–Kier alpha value is -3.08. The van der Waals surface area contributed by atoms with Crippen molar-refractivity contribution in [3.05, 3.63) is 66.4 Å². The quantitative estimate of drug-likeness (QED) is 0.576. The van der Waals surface area contributed by atoms with Gasteiger partial charge in [0.25, 0.3) is 0 Å². The molecule has 4 aromatic rings. The number of hydrogen-bond donors (Lipinski definition) is 0. The van der Waals surface area contributed by atoms with Gasteiger partial charge in [-0.05, 0) is 11.6 Å². The summed E-state index contributed by atoms with van der Waals surface area (Å²) in [6.07, 6.45) is 1.83. The molecule has 25 heavy (non-hydrogen) atoms. The Morgan fingerprint density at radius 2 is 1.76 bits per heavy atom. The second kappa shape index (κ2) is 6.09. The molecule has 0 atom stereocenters. The molecule has 5 heteroatoms. The van der Waals surface area contributed by atoms with Crippen LogP contribution in [0.25, 0.3) is 21.9 Å². The zero-order chi connectivity index (χ0) is 17.4. The Morgan fingerprint density at radius 3 is 2.56 bits per heavy atom. The Labute approximate surface area is 146 Å². The Bertz CT molecular complexity index is 1050. The van der Waals surface area contributed by atoms with Crippen molar-refractivity contribution in [1.82, 2.24) is 19.2 Å². The summed E-state index contributed by atoms with van der Waals surface area (Å²) in [6.45, 7) is 0.911. The van der Waals surface area contributed by atoms with E-state index in [1.807, 2.05) is 67.4 Å². The molecule has 0 aliphatic heterocycles. The number of carbonyl (C=O) groups is 1. The second-order valence-corrected chi connectivity index (χ2v) is 6.34. The van der Waals surface area contributed by atoms with Crippen LogP contribution in [-0.4, -0.2) is 32.2 Å². The lowest BCUT2D eigenvalue weighted by molar-refractivity contribution is -0.130. The van der Waals surface area contributed by atoms with Crippen LogP contribution in [0.3, 0.4) is 0 Å². The van der Waals surface area contributed by atoms with Gasteiger partial charge < -0.3 is 9.47 Å². The van der Waals surface area contributed by atoms with Crippen molar-refractivity contribution >= 4 is 27.8 Å². The number of hydrogen-bond acceptors (Lipinski definition) is 2. The summed E-state index contributed by atoms with van der Waals surface area (Å²) in [4.78, 5) is 14.6. The van der Waals surface area contributed by atoms with Crippen molar-refractivity contribution < 1.29 is 4.79 Å². The average molecular weight is 332 g/mol. The van der Waals surface area contributed by atoms with Crippen LogP contribution in [0.4, 0.5) is 0 Å². The standard InChI is InChI=1S/C20H20N4O/c1-22(13-15-8-4-3-5-9-15)19(25)14-24-17-11-7-6-10-16(17)20-18(24)12-21-23(20)2/h3-12H,13-14H2,1-2H3. The zero-order valence-corrected chi connectivity index (χ0v) is 14.4. The third kappa shape index (κ3) is 2.67. The van der Waals surface area contributed by atoms with Crippen LogP contribution in [0, 0.1) is 0 Å². The topological polar surface area (TPSA) is 43.1 Å². The Morgan fingerprint density at radius 1 is 1.04 bits per heavy atom. The molecule has 0 N–H and O–H groups in total. The minimum atomic E-state index is 0.0790. The summed E-state index contributed by atoms with van der Waals surface area (Å²) in [5, 5.41) is 5.48. The van der Waals surface area contributed by atoms with Crippen molar-refractivity contribution in [3.63, 3.8) is 0 Å². The molecule has 1 amide bonds. The van der Waals surface area contributed by atoms with Gasteiger partial charge in [0.05, 0.1) is 22.7 Å². The normalized spacial score (nSPS) is 11.3. The average Bonchev–Trinajstić information content (AvgIpc) is 3.15. The highest BCUT2D eigenvalue weighted by Gasteiger charge is 2.17. The molecule has 0 bridgehead atoms. The molecule has 0 fully saturated rings. The van der Waals surface area contributed by atoms with Gasteiger partial charge in [-0.2, -0.15) is 5.10 Å². The summed E-state index contributed by atoms with van der Waals surface area (Å²) in [5.41, 5.74) is 4.24. The molecule has 0 aliphatic carbocycles. The van der Waals surface area contributed by atoms with Crippen LogP contribution in [0.5, 0.6) is 0 Å². The lowest BCUT2D eigenvalue weighted by Gasteiger charge is -2.18. The van der Waals surface area contributed by atoms with Crippen molar-refractivity contribution in [3.8, 4) is 0 Å². The summed E-state index contributed by atoms with van der Waals surface area (Å²) < 4.78 is 3.92. The SMILES string of the molecule is CN(Cc1ccccc1)C(=O)Cn1c2ccccc2c2c1cnn2C. The highest BCUT2D eigenvalue weighted by Crippen LogP contribution is 2.28. The predicted molar refractivity (Wildman–Crippen MR) is 99.1 cm³/mol. The van der Waals surface area contributed by atoms with Gasteiger partial charge in [-0.3, -0.25) is 9.48 Å². The van der Waals surface area contributed by atoms with Crippen LogP contribution in [0.15, 0.2) is 60.8 Å². The number of benzene rings is 2. The summed E-state index contributed by atoms with van der Waals surface area (Å²) in [7, 11) is 3.78. The number of carbonyl (C=O) groups excluding carboxylic acids is 1. The monoisotopic (exact) mass is 332 g/mol. The maximum Gasteiger partial charge on any atom is 0.242 e. The van der Waals surface area contributed by atoms with Gasteiger partial charge in [0.1, 0.15) is 6.54 Å². The van der Waals surface area contributed by atoms with Crippen molar-refractivity contribution in [2.75, 3.05) is 7.05 Å². The molecule has 0 aliphatic rings. The van der Waals surface area contributed by atoms with E-state index in [9.17, 15) is 4.79 Å². The predicted octanol–water partition coefficient (Wildman–Crippen LogP) is 3.19. The van der Waals surface area contributed by atoms with Gasteiger partial charge in [0, 0.05) is 26.0 Å². The van der Waals surface area contributed by atoms with E-state index in [0.29, 0.717) is 13.1 Å². The smallest absolute Gasteiger partial charge is 0.242 e. The van der Waals surface area contributed by atoms with E-state index >= 15 is 0 Å². The Balaban J connectivity index is 1.66. The fraction of sp³-hybridized carbons (Fsp3) is 0.200. The number of para-hydroxylation sites is 1. The van der Waals surface area contributed by atoms with Gasteiger partial charge in [-0.1, -0.05) is 48.5 Å². The number of aryl methyl sites for hydroxylation is 1. The van der Waals surface area contributed by atoms with E-state index in [0.717, 1.165) is 27.5 Å². The molecule has 5 nitrogen and oxygen atoms in total. The molecule has 0 spiro atoms. The van der Waals surface area contributed by atoms with Gasteiger partial charge >= 0.3 is 0 Å². The molecule has 126 valence electrons. The fourth-order valence-corrected chi connectivity index (χ4v) is 3.35. The maximum absolute atomic E-state index is 12.8. The summed E-state index contributed by atoms with van der Waals surface area (Å²) in [6, 6.07) is 18.2. The van der Waals surface area contributed by atoms with Gasteiger partial charge in [0.15, 0.2) is 0 Å². The minimum Gasteiger partial charge on any atom is -0.340 e. The first-order valence-electron chi connectivity index (χ1n) is 8.32. The highest BCUT2D eigenvalue weighted by molar-refractivity contribution is 6.06. The van der Waals surface area contributed by atoms with Crippen LogP contribution in [0.1, 0.15) is 5.56 Å². The molecule has 0 unspecified atom stereocenters. The molecular formula is C20H20N4O. The first-order chi connectivity index (χ1) is 12.1. The maximum atomic E-state index is 12.8. The van der Waals surface area contributed by atoms with Gasteiger partial charge in [-0.25, -0.2) is 0 Å². The fourth-order valence-electron chi connectivity index (χ4n) is 3.35. The molecule has 2 aromatic heterocycles. The lowest BCUT2D eigenvalue weighted by Crippen LogP contribution is -2.29. The number of aromatic nitrogens is 3. The molecule has 2 heterocycles. The van der Waals surface area contributed by atoms with E-state index in [1.165, 1.54) is 0 Å². The first kappa shape index (κ1) is 15.4. The third-order valence-corrected chi connectivity index (χ3v) is 4.64. The summed E-state index contributed by atoms with van der Waals surface area (Å²) >= 11 is 0. The lowest BCUT2D eigenvalue weighted by atomic mass is 10.2. The minimum absolute atomic E-state index is 0.0790. The van der Waals surface area contributed by atoms with Crippen LogP contribution in [0.2, 0.25) is 0 Å². The molecule has 4 rings (SSSR count). The van der Waals surface area contributed by atoms with Crippen LogP contribution < -0.4 is 0 Å². The number of fused-ring (bicyclic) bond motifs is 3. The molecular weight excluding hydrogens is 312 g/mol. The van der Waals surface area contributed by atoms with E-state index in [2.05, 4.69) is 21.8 Å². The van der Waals surface area contributed by atoms with E-state index < -0.39 is 0 Å². The van der Waals surface area contributed by atoms with Crippen molar-refractivity contribution in [2.24, 2.45) is 7.05 Å². The highest BCUT2D eigenvalue weighted by atomic mass is 16.2. The first-order valence-corrected chi connectivity index (χ1v) is 8.32. The number of amides is 1. The van der Waals surface area contributed by atoms with Gasteiger partial charge in [0.2, 0.25) is 5.91 Å². The molecule has 0 saturated heterocycles. The zero-order valence-electron chi connectivity index (χ0n) is 14.4. The van der Waals surface area contributed by atoms with Gasteiger partial charge in [-0.15, -0.1) is 0 Å². The van der Waals surface area contributed by atoms with Crippen molar-refractivity contribution in [1.29, 1.82) is 0 Å². The van der Waals surface area contributed by atoms with E-state index in [1.54, 1.807) is 4.90 Å². The molecule has 2 aromatic carbocycles. The number of likely N-dealkylation sites (N-methyl/N-ethyl adjacent to an activating group) is 1. The van der Waals surface area contributed by atoms with Crippen LogP contribution >= 0.6 is 0 Å². The third-order valence-electron chi connectivity index (χ3n) is 4.64.